The summed E-state index contributed by atoms with van der Waals surface area (Å²) >= 11 is 16.8. The highest BCUT2D eigenvalue weighted by Crippen LogP contribution is 2.12. The fraction of sp³-hybridized carbons (Fsp3) is 0.723. The van der Waals surface area contributed by atoms with Crippen LogP contribution in [0, 0.1) is 11.8 Å². The summed E-state index contributed by atoms with van der Waals surface area (Å²) in [5.41, 5.74) is 16.7. The van der Waals surface area contributed by atoms with Crippen molar-refractivity contribution in [2.45, 2.75) is 153 Å². The molecule has 1 saturated heterocycles. The minimum Gasteiger partial charge on any atom is -0.370 e. The number of hydrogen-bond acceptors (Lipinski definition) is 19. The summed E-state index contributed by atoms with van der Waals surface area (Å²) in [6.45, 7) is 6.97. The largest absolute Gasteiger partial charge is 0.370 e. The van der Waals surface area contributed by atoms with Crippen LogP contribution >= 0.6 is 50.5 Å². The van der Waals surface area contributed by atoms with E-state index in [0.717, 1.165) is 0 Å². The number of primary amides is 1. The SMILES string of the molecule is CC[C@H](C)[C@@H]1NC(=O)[C@H](C)NC(=O)[C@H](CS)NC(=O)[C@H](CCCCN)NC(=O)[C@H](CCC(N)=O)NC(=O)[C@H](CS)NC(=O)CNC(=O)[C@H](C(C)C)NC(=O)[C@H](CS)NC(=O)CNC(=O)[C@H](CCCCN)NC(=O)[C@H](CS)NC1=O. The topological polar surface area (TPSA) is 444 Å². The molecular weight excluding hydrogens is 1110 g/mol. The number of hydrogen-bond donors (Lipinski definition) is 19. The van der Waals surface area contributed by atoms with Crippen LogP contribution in [0.15, 0.2) is 0 Å². The van der Waals surface area contributed by atoms with Crippen molar-refractivity contribution < 1.29 is 62.3 Å². The highest BCUT2D eigenvalue weighted by atomic mass is 32.1. The average Bonchev–Trinajstić information content (AvgIpc) is 3.41. The first-order valence-electron chi connectivity index (χ1n) is 26.0. The van der Waals surface area contributed by atoms with Gasteiger partial charge >= 0.3 is 0 Å². The number of amides is 13. The molecule has 448 valence electrons. The molecule has 32 heteroatoms. The molecule has 0 bridgehead atoms. The van der Waals surface area contributed by atoms with Gasteiger partial charge in [-0.2, -0.15) is 50.5 Å². The van der Waals surface area contributed by atoms with E-state index in [0.29, 0.717) is 32.1 Å². The second kappa shape index (κ2) is 38.1. The van der Waals surface area contributed by atoms with E-state index in [-0.39, 0.29) is 55.4 Å². The van der Waals surface area contributed by atoms with Gasteiger partial charge in [0.05, 0.1) is 13.1 Å². The van der Waals surface area contributed by atoms with Gasteiger partial charge in [-0.1, -0.05) is 34.1 Å². The van der Waals surface area contributed by atoms with Gasteiger partial charge < -0.3 is 81.0 Å². The number of unbranched alkanes of at least 4 members (excludes halogenated alkanes) is 2. The van der Waals surface area contributed by atoms with Crippen molar-refractivity contribution >= 4 is 127 Å². The van der Waals surface area contributed by atoms with Crippen LogP contribution in [0.1, 0.15) is 92.4 Å². The summed E-state index contributed by atoms with van der Waals surface area (Å²) in [7, 11) is 0. The second-order valence-corrected chi connectivity index (χ2v) is 20.6. The Morgan fingerprint density at radius 2 is 0.810 bits per heavy atom. The van der Waals surface area contributed by atoms with E-state index in [2.05, 4.69) is 114 Å². The zero-order valence-corrected chi connectivity index (χ0v) is 48.9. The van der Waals surface area contributed by atoms with Crippen LogP contribution in [-0.2, 0) is 62.3 Å². The monoisotopic (exact) mass is 1190 g/mol. The van der Waals surface area contributed by atoms with Crippen molar-refractivity contribution in [1.82, 2.24) is 63.8 Å². The van der Waals surface area contributed by atoms with Crippen molar-refractivity contribution in [2.24, 2.45) is 29.0 Å². The molecule has 1 aliphatic heterocycles. The molecule has 1 heterocycles. The first kappa shape index (κ1) is 71.4. The maximum atomic E-state index is 13.9. The lowest BCUT2D eigenvalue weighted by Gasteiger charge is -2.28. The maximum Gasteiger partial charge on any atom is 0.244 e. The van der Waals surface area contributed by atoms with Gasteiger partial charge in [-0.3, -0.25) is 62.3 Å². The standard InChI is InChI=1S/C47H83N15O13S4/c1-6-24(4)37-47(75)60-32(22-79)44(72)56-26(11-7-9-15-48)39(67)51-17-34(64)55-30(20-77)45(73)61-36(23(2)3)46(74)52-18-35(65)54-29(19-76)43(71)58-28(13-14-33(50)63)41(69)57-27(12-8-10-16-49)40(68)59-31(21-78)42(70)53-25(5)38(66)62-37/h23-32,36-37,76-79H,6-22,48-49H2,1-5H3,(H2,50,63)(H,51,67)(H,52,74)(H,53,70)(H,54,65)(H,55,64)(H,56,72)(H,57,69)(H,58,71)(H,59,68)(H,60,75)(H,61,73)(H,62,66)/t24-,25-,26-,27-,28-,29-,30-,31-,32-,36-,37-/m0/s1. The Morgan fingerprint density at radius 3 is 1.23 bits per heavy atom. The Morgan fingerprint density at radius 1 is 0.456 bits per heavy atom. The molecule has 79 heavy (non-hydrogen) atoms. The number of carbonyl (C=O) groups excluding carboxylic acids is 13. The summed E-state index contributed by atoms with van der Waals surface area (Å²) in [6.07, 6.45) is 1.11. The van der Waals surface area contributed by atoms with Gasteiger partial charge in [0.25, 0.3) is 0 Å². The van der Waals surface area contributed by atoms with Crippen molar-refractivity contribution in [3.63, 3.8) is 0 Å². The molecule has 0 aromatic carbocycles. The lowest BCUT2D eigenvalue weighted by atomic mass is 9.97. The molecule has 0 aliphatic carbocycles. The van der Waals surface area contributed by atoms with Crippen LogP contribution in [-0.4, -0.2) is 186 Å². The zero-order valence-electron chi connectivity index (χ0n) is 45.3. The van der Waals surface area contributed by atoms with Crippen molar-refractivity contribution in [3.05, 3.63) is 0 Å². The molecule has 1 rings (SSSR count). The third-order valence-electron chi connectivity index (χ3n) is 12.4. The Bertz CT molecular complexity index is 2120. The lowest BCUT2D eigenvalue weighted by molar-refractivity contribution is -0.136. The lowest BCUT2D eigenvalue weighted by Crippen LogP contribution is -2.61. The third kappa shape index (κ3) is 26.1. The van der Waals surface area contributed by atoms with Gasteiger partial charge in [-0.15, -0.1) is 0 Å². The van der Waals surface area contributed by atoms with Crippen LogP contribution in [0.3, 0.4) is 0 Å². The predicted molar refractivity (Wildman–Crippen MR) is 305 cm³/mol. The molecular formula is C47H83N15O13S4. The van der Waals surface area contributed by atoms with Gasteiger partial charge in [0.15, 0.2) is 0 Å². The minimum absolute atomic E-state index is 0.0286. The molecule has 1 fully saturated rings. The van der Waals surface area contributed by atoms with E-state index in [9.17, 15) is 62.3 Å². The van der Waals surface area contributed by atoms with Crippen LogP contribution in [0.2, 0.25) is 0 Å². The number of carbonyl (C=O) groups is 13. The zero-order chi connectivity index (χ0) is 59.9. The minimum atomic E-state index is -1.53. The number of rotatable bonds is 18. The summed E-state index contributed by atoms with van der Waals surface area (Å²) in [5.74, 6) is -13.6. The van der Waals surface area contributed by atoms with E-state index >= 15 is 0 Å². The quantitative estimate of drug-likeness (QED) is 0.0449. The first-order valence-corrected chi connectivity index (χ1v) is 28.5. The summed E-state index contributed by atoms with van der Waals surface area (Å²) in [4.78, 5) is 175. The van der Waals surface area contributed by atoms with E-state index in [1.807, 2.05) is 0 Å². The van der Waals surface area contributed by atoms with Crippen molar-refractivity contribution in [1.29, 1.82) is 0 Å². The average molecular weight is 1190 g/mol. The Labute approximate surface area is 482 Å². The molecule has 18 N–H and O–H groups in total. The fourth-order valence-electron chi connectivity index (χ4n) is 7.41. The predicted octanol–water partition coefficient (Wildman–Crippen LogP) is -5.95. The molecule has 13 amide bonds. The molecule has 0 aromatic rings. The van der Waals surface area contributed by atoms with Crippen molar-refractivity contribution in [3.8, 4) is 0 Å². The van der Waals surface area contributed by atoms with Crippen LogP contribution < -0.4 is 81.0 Å². The van der Waals surface area contributed by atoms with E-state index in [1.54, 1.807) is 27.7 Å². The third-order valence-corrected chi connectivity index (χ3v) is 13.9. The molecule has 0 aromatic heterocycles. The molecule has 0 unspecified atom stereocenters. The number of nitrogens with one attached hydrogen (secondary N) is 12. The normalized spacial score (nSPS) is 26.5. The van der Waals surface area contributed by atoms with Gasteiger partial charge in [0.2, 0.25) is 76.8 Å². The number of thiol groups is 4. The van der Waals surface area contributed by atoms with Crippen LogP contribution in [0.25, 0.3) is 0 Å². The van der Waals surface area contributed by atoms with E-state index in [1.165, 1.54) is 6.92 Å². The smallest absolute Gasteiger partial charge is 0.244 e. The van der Waals surface area contributed by atoms with Crippen LogP contribution in [0.4, 0.5) is 0 Å². The highest BCUT2D eigenvalue weighted by molar-refractivity contribution is 7.80. The number of nitrogens with two attached hydrogens (primary N) is 3. The van der Waals surface area contributed by atoms with Crippen LogP contribution in [0.5, 0.6) is 0 Å². The molecule has 28 nitrogen and oxygen atoms in total. The summed E-state index contributed by atoms with van der Waals surface area (Å²) in [5, 5.41) is 29.8. The van der Waals surface area contributed by atoms with E-state index in [4.69, 9.17) is 17.2 Å². The van der Waals surface area contributed by atoms with Crippen molar-refractivity contribution in [2.75, 3.05) is 49.2 Å². The molecule has 0 spiro atoms. The molecule has 11 atom stereocenters. The maximum absolute atomic E-state index is 13.9. The first-order chi connectivity index (χ1) is 37.3. The van der Waals surface area contributed by atoms with Gasteiger partial charge in [0.1, 0.15) is 60.4 Å². The molecule has 0 radical (unpaired) electrons. The molecule has 1 aliphatic rings. The van der Waals surface area contributed by atoms with E-state index < -0.39 is 169 Å². The summed E-state index contributed by atoms with van der Waals surface area (Å²) < 4.78 is 0. The fourth-order valence-corrected chi connectivity index (χ4v) is 8.44. The Balaban J connectivity index is 3.76. The second-order valence-electron chi connectivity index (χ2n) is 19.1. The molecule has 0 saturated carbocycles. The van der Waals surface area contributed by atoms with Gasteiger partial charge in [-0.25, -0.2) is 0 Å². The Hall–Kier alpha value is -5.57. The van der Waals surface area contributed by atoms with Gasteiger partial charge in [-0.05, 0) is 76.8 Å². The highest BCUT2D eigenvalue weighted by Gasteiger charge is 2.36. The summed E-state index contributed by atoms with van der Waals surface area (Å²) in [6, 6.07) is -13.6. The Kier molecular flexibility index (Phi) is 34.5. The van der Waals surface area contributed by atoms with Gasteiger partial charge in [0, 0.05) is 29.4 Å².